The van der Waals surface area contributed by atoms with E-state index in [1.54, 1.807) is 12.1 Å². The van der Waals surface area contributed by atoms with Crippen molar-refractivity contribution in [1.82, 2.24) is 15.5 Å². The molecule has 28 heavy (non-hydrogen) atoms. The molecule has 2 aliphatic heterocycles. The highest BCUT2D eigenvalue weighted by Crippen LogP contribution is 2.24. The van der Waals surface area contributed by atoms with Crippen LogP contribution in [0.15, 0.2) is 48.5 Å². The number of benzene rings is 2. The molecule has 0 aromatic heterocycles. The van der Waals surface area contributed by atoms with Crippen molar-refractivity contribution in [2.45, 2.75) is 18.9 Å². The molecule has 0 radical (unpaired) electrons. The lowest BCUT2D eigenvalue weighted by molar-refractivity contribution is 0.0656. The Morgan fingerprint density at radius 1 is 1.07 bits per heavy atom. The van der Waals surface area contributed by atoms with Gasteiger partial charge in [-0.25, -0.2) is 0 Å². The summed E-state index contributed by atoms with van der Waals surface area (Å²) < 4.78 is 0. The second-order valence-corrected chi connectivity index (χ2v) is 6.92. The first-order valence-corrected chi connectivity index (χ1v) is 9.19. The van der Waals surface area contributed by atoms with Crippen molar-refractivity contribution >= 4 is 30.1 Å². The summed E-state index contributed by atoms with van der Waals surface area (Å²) >= 11 is 0. The van der Waals surface area contributed by atoms with E-state index in [0.29, 0.717) is 29.7 Å². The van der Waals surface area contributed by atoms with Gasteiger partial charge >= 0.3 is 0 Å². The Morgan fingerprint density at radius 3 is 2.54 bits per heavy atom. The maximum atomic E-state index is 12.7. The van der Waals surface area contributed by atoms with Crippen molar-refractivity contribution < 1.29 is 14.4 Å². The number of nitrogens with one attached hydrogen (secondary N) is 2. The molecular weight excluding hydrogens is 378 g/mol. The molecule has 0 aliphatic carbocycles. The minimum Gasteiger partial charge on any atom is -0.348 e. The zero-order valence-electron chi connectivity index (χ0n) is 15.3. The number of carbonyl (C=O) groups excluding carboxylic acids is 3. The van der Waals surface area contributed by atoms with Gasteiger partial charge in [-0.2, -0.15) is 0 Å². The molecule has 1 fully saturated rings. The highest BCUT2D eigenvalue weighted by atomic mass is 35.5. The second kappa shape index (κ2) is 8.54. The van der Waals surface area contributed by atoms with E-state index in [0.717, 1.165) is 25.1 Å². The number of carbonyl (C=O) groups is 3. The molecule has 4 rings (SSSR count). The van der Waals surface area contributed by atoms with Gasteiger partial charge in [-0.15, -0.1) is 12.4 Å². The summed E-state index contributed by atoms with van der Waals surface area (Å²) in [5, 5.41) is 6.16. The summed E-state index contributed by atoms with van der Waals surface area (Å²) in [5.41, 5.74) is 2.16. The molecule has 1 atom stereocenters. The van der Waals surface area contributed by atoms with Crippen molar-refractivity contribution in [2.24, 2.45) is 0 Å². The molecule has 2 heterocycles. The summed E-state index contributed by atoms with van der Waals surface area (Å²) in [5.74, 6) is -0.838. The predicted octanol–water partition coefficient (Wildman–Crippen LogP) is 2.04. The number of rotatable bonds is 5. The summed E-state index contributed by atoms with van der Waals surface area (Å²) in [6.45, 7) is 1.96. The molecule has 6 nitrogen and oxygen atoms in total. The minimum atomic E-state index is -0.330. The van der Waals surface area contributed by atoms with Crippen LogP contribution < -0.4 is 10.6 Å². The SMILES string of the molecule is Cl.O=C(NC1CCNC1)c1ccc2c(c1)C(=O)N(CCc1ccccc1)C2=O. The molecule has 1 unspecified atom stereocenters. The van der Waals surface area contributed by atoms with Crippen molar-refractivity contribution in [2.75, 3.05) is 19.6 Å². The van der Waals surface area contributed by atoms with Crippen LogP contribution in [0.4, 0.5) is 0 Å². The van der Waals surface area contributed by atoms with Crippen LogP contribution in [0.1, 0.15) is 43.1 Å². The fourth-order valence-corrected chi connectivity index (χ4v) is 3.57. The number of imide groups is 1. The smallest absolute Gasteiger partial charge is 0.261 e. The average molecular weight is 400 g/mol. The van der Waals surface area contributed by atoms with E-state index in [1.807, 2.05) is 30.3 Å². The van der Waals surface area contributed by atoms with Gasteiger partial charge in [0.25, 0.3) is 17.7 Å². The van der Waals surface area contributed by atoms with Gasteiger partial charge < -0.3 is 10.6 Å². The monoisotopic (exact) mass is 399 g/mol. The third kappa shape index (κ3) is 3.93. The van der Waals surface area contributed by atoms with Crippen LogP contribution in [0.25, 0.3) is 0 Å². The van der Waals surface area contributed by atoms with Crippen LogP contribution in [0, 0.1) is 0 Å². The Kier molecular flexibility index (Phi) is 6.11. The van der Waals surface area contributed by atoms with Crippen molar-refractivity contribution in [3.63, 3.8) is 0 Å². The molecule has 2 N–H and O–H groups in total. The summed E-state index contributed by atoms with van der Waals surface area (Å²) in [6.07, 6.45) is 1.50. The van der Waals surface area contributed by atoms with E-state index >= 15 is 0 Å². The average Bonchev–Trinajstić information content (AvgIpc) is 3.28. The van der Waals surface area contributed by atoms with Gasteiger partial charge in [0.2, 0.25) is 0 Å². The topological polar surface area (TPSA) is 78.5 Å². The summed E-state index contributed by atoms with van der Waals surface area (Å²) in [7, 11) is 0. The number of nitrogens with zero attached hydrogens (tertiary/aromatic N) is 1. The third-order valence-corrected chi connectivity index (χ3v) is 5.10. The first-order chi connectivity index (χ1) is 13.1. The molecule has 7 heteroatoms. The van der Waals surface area contributed by atoms with E-state index < -0.39 is 0 Å². The van der Waals surface area contributed by atoms with Gasteiger partial charge in [-0.3, -0.25) is 19.3 Å². The molecule has 1 saturated heterocycles. The van der Waals surface area contributed by atoms with E-state index in [9.17, 15) is 14.4 Å². The number of hydrogen-bond acceptors (Lipinski definition) is 4. The zero-order valence-corrected chi connectivity index (χ0v) is 16.1. The first kappa shape index (κ1) is 20.0. The van der Waals surface area contributed by atoms with Gasteiger partial charge in [-0.05, 0) is 43.1 Å². The Bertz CT molecular complexity index is 895. The van der Waals surface area contributed by atoms with Gasteiger partial charge in [0.15, 0.2) is 0 Å². The number of hydrogen-bond donors (Lipinski definition) is 2. The standard InChI is InChI=1S/C21H21N3O3.ClH/c25-19(23-16-8-10-22-13-16)15-6-7-17-18(12-15)21(27)24(20(17)26)11-9-14-4-2-1-3-5-14;/h1-7,12,16,22H,8-11,13H2,(H,23,25);1H. The molecular formula is C21H22ClN3O3. The van der Waals surface area contributed by atoms with Crippen LogP contribution in [0.2, 0.25) is 0 Å². The zero-order chi connectivity index (χ0) is 18.8. The molecule has 0 saturated carbocycles. The maximum absolute atomic E-state index is 12.7. The van der Waals surface area contributed by atoms with Gasteiger partial charge in [0.1, 0.15) is 0 Å². The lowest BCUT2D eigenvalue weighted by atomic mass is 10.0. The minimum absolute atomic E-state index is 0. The fraction of sp³-hybridized carbons (Fsp3) is 0.286. The van der Waals surface area contributed by atoms with Gasteiger partial charge in [0, 0.05) is 24.7 Å². The molecule has 2 aliphatic rings. The Morgan fingerprint density at radius 2 is 1.82 bits per heavy atom. The van der Waals surface area contributed by atoms with Gasteiger partial charge in [-0.1, -0.05) is 30.3 Å². The lowest BCUT2D eigenvalue weighted by Crippen LogP contribution is -2.36. The highest BCUT2D eigenvalue weighted by Gasteiger charge is 2.35. The normalized spacial score (nSPS) is 18.0. The Hall–Kier alpha value is -2.70. The quantitative estimate of drug-likeness (QED) is 0.754. The van der Waals surface area contributed by atoms with Crippen molar-refractivity contribution in [3.8, 4) is 0 Å². The highest BCUT2D eigenvalue weighted by molar-refractivity contribution is 6.22. The molecule has 146 valence electrons. The molecule has 0 bridgehead atoms. The van der Waals surface area contributed by atoms with Crippen LogP contribution in [-0.4, -0.2) is 48.3 Å². The number of halogens is 1. The molecule has 3 amide bonds. The summed E-state index contributed by atoms with van der Waals surface area (Å²) in [4.78, 5) is 39.0. The van der Waals surface area contributed by atoms with Crippen LogP contribution in [0.5, 0.6) is 0 Å². The number of fused-ring (bicyclic) bond motifs is 1. The molecule has 2 aromatic carbocycles. The molecule has 2 aromatic rings. The predicted molar refractivity (Wildman–Crippen MR) is 108 cm³/mol. The lowest BCUT2D eigenvalue weighted by Gasteiger charge is -2.13. The first-order valence-electron chi connectivity index (χ1n) is 9.19. The van der Waals surface area contributed by atoms with Crippen LogP contribution >= 0.6 is 12.4 Å². The Labute approximate surface area is 169 Å². The Balaban J connectivity index is 0.00000225. The summed E-state index contributed by atoms with van der Waals surface area (Å²) in [6, 6.07) is 14.6. The largest absolute Gasteiger partial charge is 0.348 e. The van der Waals surface area contributed by atoms with E-state index in [4.69, 9.17) is 0 Å². The van der Waals surface area contributed by atoms with Gasteiger partial charge in [0.05, 0.1) is 11.1 Å². The van der Waals surface area contributed by atoms with Crippen molar-refractivity contribution in [3.05, 3.63) is 70.8 Å². The third-order valence-electron chi connectivity index (χ3n) is 5.10. The van der Waals surface area contributed by atoms with E-state index in [2.05, 4.69) is 10.6 Å². The molecule has 0 spiro atoms. The second-order valence-electron chi connectivity index (χ2n) is 6.92. The number of amides is 3. The van der Waals surface area contributed by atoms with Crippen LogP contribution in [0.3, 0.4) is 0 Å². The van der Waals surface area contributed by atoms with Crippen LogP contribution in [-0.2, 0) is 6.42 Å². The van der Waals surface area contributed by atoms with E-state index in [-0.39, 0.29) is 36.2 Å². The fourth-order valence-electron chi connectivity index (χ4n) is 3.57. The van der Waals surface area contributed by atoms with Crippen molar-refractivity contribution in [1.29, 1.82) is 0 Å². The van der Waals surface area contributed by atoms with E-state index in [1.165, 1.54) is 11.0 Å². The maximum Gasteiger partial charge on any atom is 0.261 e.